The fraction of sp³-hybridized carbons (Fsp3) is 0.417. The number of halogens is 2. The Morgan fingerprint density at radius 3 is 2.63 bits per heavy atom. The Morgan fingerprint density at radius 2 is 2.00 bits per heavy atom. The maximum atomic E-state index is 13.4. The highest BCUT2D eigenvalue weighted by Crippen LogP contribution is 2.45. The molecule has 1 fully saturated rings. The number of amides is 1. The predicted octanol–water partition coefficient (Wildman–Crippen LogP) is 5.19. The lowest BCUT2D eigenvalue weighted by Crippen LogP contribution is -2.34. The quantitative estimate of drug-likeness (QED) is 0.539. The molecule has 30 heavy (non-hydrogen) atoms. The molecule has 0 spiro atoms. The van der Waals surface area contributed by atoms with Crippen LogP contribution >= 0.6 is 11.6 Å². The standard InChI is InChI=1S/C24H25ClFN3O/c1-24(2)14-28(21(30)12-25)19-11-17(10-15-6-8-18(26)9-7-15)20-13-27-23(16-4-3-5-16)29(20)22(19)24/h6-9,11,13,16H,3-5,10,12,14H2,1-2H3. The fourth-order valence-electron chi connectivity index (χ4n) is 4.87. The maximum absolute atomic E-state index is 13.4. The number of aromatic nitrogens is 2. The number of hydrogen-bond donors (Lipinski definition) is 0. The van der Waals surface area contributed by atoms with Crippen LogP contribution in [0.4, 0.5) is 10.1 Å². The molecule has 0 bridgehead atoms. The molecule has 2 aromatic heterocycles. The molecule has 2 aliphatic rings. The smallest absolute Gasteiger partial charge is 0.241 e. The van der Waals surface area contributed by atoms with Crippen LogP contribution in [0.25, 0.3) is 5.52 Å². The van der Waals surface area contributed by atoms with Crippen LogP contribution in [-0.2, 0) is 16.6 Å². The normalized spacial score (nSPS) is 17.9. The predicted molar refractivity (Wildman–Crippen MR) is 117 cm³/mol. The number of carbonyl (C=O) groups is 1. The van der Waals surface area contributed by atoms with E-state index in [1.54, 1.807) is 0 Å². The van der Waals surface area contributed by atoms with Crippen molar-refractivity contribution in [3.63, 3.8) is 0 Å². The first-order valence-electron chi connectivity index (χ1n) is 10.5. The zero-order chi connectivity index (χ0) is 21.0. The molecule has 156 valence electrons. The second-order valence-corrected chi connectivity index (χ2v) is 9.44. The van der Waals surface area contributed by atoms with Gasteiger partial charge in [0.1, 0.15) is 17.5 Å². The van der Waals surface area contributed by atoms with Crippen LogP contribution in [0.15, 0.2) is 36.5 Å². The molecule has 3 aromatic rings. The minimum atomic E-state index is -0.241. The molecule has 0 N–H and O–H groups in total. The van der Waals surface area contributed by atoms with Gasteiger partial charge in [0.2, 0.25) is 5.91 Å². The van der Waals surface area contributed by atoms with Gasteiger partial charge >= 0.3 is 0 Å². The molecule has 5 rings (SSSR count). The van der Waals surface area contributed by atoms with Gasteiger partial charge in [-0.25, -0.2) is 9.37 Å². The van der Waals surface area contributed by atoms with E-state index in [0.29, 0.717) is 18.9 Å². The van der Waals surface area contributed by atoms with Gasteiger partial charge in [-0.1, -0.05) is 32.4 Å². The number of benzene rings is 1. The Kier molecular flexibility index (Phi) is 4.62. The molecular weight excluding hydrogens is 401 g/mol. The number of carbonyl (C=O) groups excluding carboxylic acids is 1. The number of rotatable bonds is 4. The largest absolute Gasteiger partial charge is 0.309 e. The summed E-state index contributed by atoms with van der Waals surface area (Å²) in [5.41, 5.74) is 5.05. The van der Waals surface area contributed by atoms with Crippen molar-refractivity contribution in [2.45, 2.75) is 50.9 Å². The Morgan fingerprint density at radius 1 is 1.27 bits per heavy atom. The molecule has 3 heterocycles. The zero-order valence-corrected chi connectivity index (χ0v) is 18.0. The second-order valence-electron chi connectivity index (χ2n) is 9.17. The molecule has 0 atom stereocenters. The Labute approximate surface area is 180 Å². The van der Waals surface area contributed by atoms with Gasteiger partial charge in [0.05, 0.1) is 23.1 Å². The van der Waals surface area contributed by atoms with Crippen molar-refractivity contribution in [1.82, 2.24) is 9.38 Å². The average molecular weight is 426 g/mol. The number of anilines is 1. The molecule has 0 radical (unpaired) electrons. The molecule has 0 unspecified atom stereocenters. The van der Waals surface area contributed by atoms with Gasteiger partial charge in [-0.15, -0.1) is 11.6 Å². The van der Waals surface area contributed by atoms with Crippen molar-refractivity contribution >= 4 is 28.7 Å². The van der Waals surface area contributed by atoms with E-state index in [1.165, 1.54) is 18.6 Å². The third kappa shape index (κ3) is 3.02. The van der Waals surface area contributed by atoms with Crippen molar-refractivity contribution < 1.29 is 9.18 Å². The highest BCUT2D eigenvalue weighted by Gasteiger charge is 2.41. The van der Waals surface area contributed by atoms with Crippen LogP contribution in [0.2, 0.25) is 0 Å². The molecule has 1 aliphatic carbocycles. The summed E-state index contributed by atoms with van der Waals surface area (Å²) in [6.45, 7) is 4.96. The monoisotopic (exact) mass is 425 g/mol. The molecule has 1 aromatic carbocycles. The number of imidazole rings is 1. The van der Waals surface area contributed by atoms with E-state index in [2.05, 4.69) is 24.3 Å². The molecule has 1 saturated carbocycles. The summed E-state index contributed by atoms with van der Waals surface area (Å²) in [7, 11) is 0. The van der Waals surface area contributed by atoms with Gasteiger partial charge in [0, 0.05) is 17.9 Å². The molecule has 4 nitrogen and oxygen atoms in total. The number of alkyl halides is 1. The van der Waals surface area contributed by atoms with E-state index in [4.69, 9.17) is 16.6 Å². The second kappa shape index (κ2) is 7.09. The Bertz CT molecular complexity index is 1130. The lowest BCUT2D eigenvalue weighted by Gasteiger charge is -2.27. The van der Waals surface area contributed by atoms with Gasteiger partial charge < -0.3 is 4.90 Å². The summed E-state index contributed by atoms with van der Waals surface area (Å²) in [6, 6.07) is 8.71. The first-order chi connectivity index (χ1) is 14.4. The summed E-state index contributed by atoms with van der Waals surface area (Å²) in [4.78, 5) is 19.3. The maximum Gasteiger partial charge on any atom is 0.241 e. The van der Waals surface area contributed by atoms with Gasteiger partial charge in [0.15, 0.2) is 0 Å². The Balaban J connectivity index is 1.73. The van der Waals surface area contributed by atoms with E-state index in [0.717, 1.165) is 46.7 Å². The number of nitrogens with zero attached hydrogens (tertiary/aromatic N) is 3. The lowest BCUT2D eigenvalue weighted by atomic mass is 9.84. The van der Waals surface area contributed by atoms with Crippen molar-refractivity contribution in [2.75, 3.05) is 17.3 Å². The van der Waals surface area contributed by atoms with Crippen LogP contribution in [0.5, 0.6) is 0 Å². The summed E-state index contributed by atoms with van der Waals surface area (Å²) < 4.78 is 15.7. The van der Waals surface area contributed by atoms with Crippen LogP contribution in [0, 0.1) is 5.82 Å². The molecule has 0 saturated heterocycles. The van der Waals surface area contributed by atoms with Crippen molar-refractivity contribution in [3.05, 3.63) is 65.0 Å². The highest BCUT2D eigenvalue weighted by molar-refractivity contribution is 6.29. The van der Waals surface area contributed by atoms with Crippen molar-refractivity contribution in [3.8, 4) is 0 Å². The lowest BCUT2D eigenvalue weighted by molar-refractivity contribution is -0.116. The number of pyridine rings is 1. The first-order valence-corrected chi connectivity index (χ1v) is 11.1. The molecule has 1 aliphatic heterocycles. The van der Waals surface area contributed by atoms with Crippen LogP contribution in [-0.4, -0.2) is 27.7 Å². The van der Waals surface area contributed by atoms with Gasteiger partial charge in [-0.2, -0.15) is 0 Å². The summed E-state index contributed by atoms with van der Waals surface area (Å²) in [6.07, 6.45) is 6.16. The molecular formula is C24H25ClFN3O. The molecule has 1 amide bonds. The average Bonchev–Trinajstić information content (AvgIpc) is 3.21. The van der Waals surface area contributed by atoms with Crippen LogP contribution < -0.4 is 4.90 Å². The van der Waals surface area contributed by atoms with E-state index in [9.17, 15) is 9.18 Å². The third-order valence-corrected chi connectivity index (χ3v) is 6.80. The topological polar surface area (TPSA) is 37.6 Å². The van der Waals surface area contributed by atoms with Crippen LogP contribution in [0.1, 0.15) is 61.7 Å². The van der Waals surface area contributed by atoms with Gasteiger partial charge in [-0.05, 0) is 48.6 Å². The van der Waals surface area contributed by atoms with Gasteiger partial charge in [-0.3, -0.25) is 9.20 Å². The number of fused-ring (bicyclic) bond motifs is 3. The minimum Gasteiger partial charge on any atom is -0.309 e. The summed E-state index contributed by atoms with van der Waals surface area (Å²) in [5, 5.41) is 0. The van der Waals surface area contributed by atoms with Crippen LogP contribution in [0.3, 0.4) is 0 Å². The first kappa shape index (κ1) is 19.6. The highest BCUT2D eigenvalue weighted by atomic mass is 35.5. The van der Waals surface area contributed by atoms with Crippen molar-refractivity contribution in [2.24, 2.45) is 0 Å². The van der Waals surface area contributed by atoms with E-state index < -0.39 is 0 Å². The Hall–Kier alpha value is -2.40. The minimum absolute atomic E-state index is 0.0414. The fourth-order valence-corrected chi connectivity index (χ4v) is 5.02. The number of hydrogen-bond acceptors (Lipinski definition) is 2. The van der Waals surface area contributed by atoms with E-state index in [-0.39, 0.29) is 23.0 Å². The van der Waals surface area contributed by atoms with E-state index in [1.807, 2.05) is 23.2 Å². The molecule has 6 heteroatoms. The summed E-state index contributed by atoms with van der Waals surface area (Å²) >= 11 is 5.94. The van der Waals surface area contributed by atoms with Crippen molar-refractivity contribution in [1.29, 1.82) is 0 Å². The van der Waals surface area contributed by atoms with Gasteiger partial charge in [0.25, 0.3) is 0 Å². The van der Waals surface area contributed by atoms with E-state index >= 15 is 0 Å². The zero-order valence-electron chi connectivity index (χ0n) is 17.3. The summed E-state index contributed by atoms with van der Waals surface area (Å²) in [5.74, 6) is 1.20. The third-order valence-electron chi connectivity index (χ3n) is 6.57. The SMILES string of the molecule is CC1(C)CN(C(=O)CCl)c2cc(Cc3ccc(F)cc3)c3cnc(C4CCC4)n3c21.